The molecule has 0 atom stereocenters. The summed E-state index contributed by atoms with van der Waals surface area (Å²) < 4.78 is 26.1. The number of pyridine rings is 1. The van der Waals surface area contributed by atoms with E-state index in [4.69, 9.17) is 5.84 Å². The highest BCUT2D eigenvalue weighted by Gasteiger charge is 2.13. The van der Waals surface area contributed by atoms with Crippen molar-refractivity contribution in [2.75, 3.05) is 32.6 Å². The molecule has 0 bridgehead atoms. The largest absolute Gasteiger partial charge is 0.337 e. The third kappa shape index (κ3) is 4.64. The van der Waals surface area contributed by atoms with Gasteiger partial charge in [-0.25, -0.2) is 28.8 Å². The summed E-state index contributed by atoms with van der Waals surface area (Å²) in [5.74, 6) is 5.50. The number of hydrogen-bond donors (Lipinski definition) is 4. The Morgan fingerprint density at radius 2 is 2.05 bits per heavy atom. The molecule has 0 saturated carbocycles. The Morgan fingerprint density at radius 3 is 2.55 bits per heavy atom. The second-order valence-electron chi connectivity index (χ2n) is 4.05. The summed E-state index contributed by atoms with van der Waals surface area (Å²) in [6, 6.07) is 2.54. The molecule has 0 spiro atoms. The lowest BCUT2D eigenvalue weighted by atomic mass is 10.5. The minimum Gasteiger partial charge on any atom is -0.337 e. The second-order valence-corrected chi connectivity index (χ2v) is 5.81. The van der Waals surface area contributed by atoms with Gasteiger partial charge in [-0.1, -0.05) is 0 Å². The minimum absolute atomic E-state index is 0.0236. The van der Waals surface area contributed by atoms with Crippen molar-refractivity contribution in [3.8, 4) is 0 Å². The SMILES string of the molecule is CN(C)C(=O)NCCNS(=O)(=O)c1ccc(NN)nc1. The summed E-state index contributed by atoms with van der Waals surface area (Å²) in [7, 11) is -0.459. The number of anilines is 1. The molecule has 0 aliphatic heterocycles. The molecular formula is C10H18N6O3S. The van der Waals surface area contributed by atoms with E-state index in [1.165, 1.54) is 23.2 Å². The Morgan fingerprint density at radius 1 is 1.35 bits per heavy atom. The van der Waals surface area contributed by atoms with Gasteiger partial charge >= 0.3 is 6.03 Å². The van der Waals surface area contributed by atoms with Crippen molar-refractivity contribution in [2.24, 2.45) is 5.84 Å². The van der Waals surface area contributed by atoms with Crippen LogP contribution in [0.15, 0.2) is 23.2 Å². The van der Waals surface area contributed by atoms with Crippen LogP contribution in [-0.2, 0) is 10.0 Å². The van der Waals surface area contributed by atoms with Crippen molar-refractivity contribution in [3.63, 3.8) is 0 Å². The van der Waals surface area contributed by atoms with Crippen LogP contribution in [0.1, 0.15) is 0 Å². The predicted molar refractivity (Wildman–Crippen MR) is 74.3 cm³/mol. The topological polar surface area (TPSA) is 129 Å². The highest BCUT2D eigenvalue weighted by atomic mass is 32.2. The minimum atomic E-state index is -3.65. The van der Waals surface area contributed by atoms with Gasteiger partial charge in [0.05, 0.1) is 0 Å². The summed E-state index contributed by atoms with van der Waals surface area (Å²) in [4.78, 5) is 16.4. The fraction of sp³-hybridized carbons (Fsp3) is 0.400. The van der Waals surface area contributed by atoms with E-state index in [9.17, 15) is 13.2 Å². The van der Waals surface area contributed by atoms with Gasteiger partial charge in [-0.15, -0.1) is 0 Å². The van der Waals surface area contributed by atoms with Gasteiger partial charge in [0.2, 0.25) is 10.0 Å². The molecule has 1 rings (SSSR count). The zero-order chi connectivity index (χ0) is 15.2. The molecule has 112 valence electrons. The molecule has 1 aromatic rings. The van der Waals surface area contributed by atoms with Crippen LogP contribution in [0.25, 0.3) is 0 Å². The lowest BCUT2D eigenvalue weighted by molar-refractivity contribution is 0.217. The van der Waals surface area contributed by atoms with Gasteiger partial charge in [0.1, 0.15) is 10.7 Å². The lowest BCUT2D eigenvalue weighted by Gasteiger charge is -2.12. The third-order valence-corrected chi connectivity index (χ3v) is 3.74. The van der Waals surface area contributed by atoms with E-state index in [0.29, 0.717) is 5.82 Å². The molecule has 5 N–H and O–H groups in total. The Hall–Kier alpha value is -1.91. The van der Waals surface area contributed by atoms with Gasteiger partial charge in [0.25, 0.3) is 0 Å². The maximum atomic E-state index is 11.9. The van der Waals surface area contributed by atoms with Gasteiger partial charge in [0, 0.05) is 33.4 Å². The number of carbonyl (C=O) groups is 1. The zero-order valence-electron chi connectivity index (χ0n) is 11.3. The predicted octanol–water partition coefficient (Wildman–Crippen LogP) is -1.08. The van der Waals surface area contributed by atoms with Crippen LogP contribution in [0.2, 0.25) is 0 Å². The molecule has 0 unspecified atom stereocenters. The molecule has 0 aliphatic rings. The number of nitrogens with two attached hydrogens (primary N) is 1. The number of carbonyl (C=O) groups excluding carboxylic acids is 1. The molecule has 0 fully saturated rings. The molecular weight excluding hydrogens is 284 g/mol. The Labute approximate surface area is 117 Å². The number of amides is 2. The molecule has 1 heterocycles. The van der Waals surface area contributed by atoms with Crippen molar-refractivity contribution in [1.29, 1.82) is 0 Å². The lowest BCUT2D eigenvalue weighted by Crippen LogP contribution is -2.39. The average molecular weight is 302 g/mol. The van der Waals surface area contributed by atoms with E-state index < -0.39 is 10.0 Å². The summed E-state index contributed by atoms with van der Waals surface area (Å²) in [6.45, 7) is 0.269. The van der Waals surface area contributed by atoms with Crippen molar-refractivity contribution >= 4 is 21.9 Å². The highest BCUT2D eigenvalue weighted by Crippen LogP contribution is 2.09. The van der Waals surface area contributed by atoms with Crippen LogP contribution >= 0.6 is 0 Å². The molecule has 9 nitrogen and oxygen atoms in total. The quantitative estimate of drug-likeness (QED) is 0.300. The zero-order valence-corrected chi connectivity index (χ0v) is 12.1. The first kappa shape index (κ1) is 16.1. The maximum absolute atomic E-state index is 11.9. The number of nitrogen functional groups attached to an aromatic ring is 1. The third-order valence-electron chi connectivity index (χ3n) is 2.29. The number of hydrazine groups is 1. The van der Waals surface area contributed by atoms with Crippen LogP contribution < -0.4 is 21.3 Å². The van der Waals surface area contributed by atoms with E-state index >= 15 is 0 Å². The summed E-state index contributed by atoms with van der Waals surface area (Å²) in [6.07, 6.45) is 1.19. The van der Waals surface area contributed by atoms with Crippen molar-refractivity contribution < 1.29 is 13.2 Å². The molecule has 1 aromatic heterocycles. The average Bonchev–Trinajstić information content (AvgIpc) is 2.43. The number of aromatic nitrogens is 1. The summed E-state index contributed by atoms with van der Waals surface area (Å²) in [5, 5.41) is 2.54. The van der Waals surface area contributed by atoms with Crippen LogP contribution in [0.3, 0.4) is 0 Å². The number of nitrogens with zero attached hydrogens (tertiary/aromatic N) is 2. The Kier molecular flexibility index (Phi) is 5.67. The van der Waals surface area contributed by atoms with E-state index in [-0.39, 0.29) is 24.0 Å². The van der Waals surface area contributed by atoms with Gasteiger partial charge in [-0.3, -0.25) is 0 Å². The first-order valence-corrected chi connectivity index (χ1v) is 7.22. The Bertz CT molecular complexity index is 543. The van der Waals surface area contributed by atoms with E-state index in [1.54, 1.807) is 14.1 Å². The fourth-order valence-electron chi connectivity index (χ4n) is 1.22. The monoisotopic (exact) mass is 302 g/mol. The fourth-order valence-corrected chi connectivity index (χ4v) is 2.20. The van der Waals surface area contributed by atoms with Gasteiger partial charge in [-0.2, -0.15) is 0 Å². The number of nitrogens with one attached hydrogen (secondary N) is 3. The molecule has 10 heteroatoms. The van der Waals surface area contributed by atoms with Crippen LogP contribution in [0.4, 0.5) is 10.6 Å². The van der Waals surface area contributed by atoms with Gasteiger partial charge < -0.3 is 15.6 Å². The highest BCUT2D eigenvalue weighted by molar-refractivity contribution is 7.89. The number of rotatable bonds is 6. The number of hydrogen-bond acceptors (Lipinski definition) is 6. The smallest absolute Gasteiger partial charge is 0.316 e. The first-order chi connectivity index (χ1) is 9.36. The van der Waals surface area contributed by atoms with Gasteiger partial charge in [-0.05, 0) is 12.1 Å². The first-order valence-electron chi connectivity index (χ1n) is 5.74. The van der Waals surface area contributed by atoms with Crippen molar-refractivity contribution in [1.82, 2.24) is 19.9 Å². The molecule has 0 aliphatic carbocycles. The van der Waals surface area contributed by atoms with Crippen LogP contribution in [-0.4, -0.2) is 51.5 Å². The van der Waals surface area contributed by atoms with E-state index in [2.05, 4.69) is 20.4 Å². The molecule has 0 saturated heterocycles. The maximum Gasteiger partial charge on any atom is 0.316 e. The summed E-state index contributed by atoms with van der Waals surface area (Å²) in [5.41, 5.74) is 2.30. The normalized spacial score (nSPS) is 10.9. The molecule has 20 heavy (non-hydrogen) atoms. The van der Waals surface area contributed by atoms with Crippen LogP contribution in [0.5, 0.6) is 0 Å². The van der Waals surface area contributed by atoms with Crippen LogP contribution in [0, 0.1) is 0 Å². The van der Waals surface area contributed by atoms with Crippen molar-refractivity contribution in [2.45, 2.75) is 4.90 Å². The van der Waals surface area contributed by atoms with E-state index in [1.807, 2.05) is 0 Å². The number of sulfonamides is 1. The van der Waals surface area contributed by atoms with Crippen molar-refractivity contribution in [3.05, 3.63) is 18.3 Å². The second kappa shape index (κ2) is 7.03. The standard InChI is InChI=1S/C10H18N6O3S/c1-16(2)10(17)12-5-6-14-20(18,19)8-3-4-9(15-11)13-7-8/h3-4,7,14H,5-6,11H2,1-2H3,(H,12,17)(H,13,15). The summed E-state index contributed by atoms with van der Waals surface area (Å²) >= 11 is 0. The number of urea groups is 1. The van der Waals surface area contributed by atoms with E-state index in [0.717, 1.165) is 0 Å². The Balaban J connectivity index is 2.51. The molecule has 0 radical (unpaired) electrons. The van der Waals surface area contributed by atoms with Gasteiger partial charge in [0.15, 0.2) is 0 Å². The molecule has 2 amide bonds. The molecule has 0 aromatic carbocycles.